The lowest BCUT2D eigenvalue weighted by Crippen LogP contribution is -2.37. The number of nitrogens with one attached hydrogen (secondary N) is 1. The maximum atomic E-state index is 12.7. The summed E-state index contributed by atoms with van der Waals surface area (Å²) in [5.41, 5.74) is 3.62. The van der Waals surface area contributed by atoms with Crippen LogP contribution in [-0.2, 0) is 9.53 Å². The Morgan fingerprint density at radius 1 is 1.00 bits per heavy atom. The highest BCUT2D eigenvalue weighted by Gasteiger charge is 2.25. The molecule has 1 amide bonds. The summed E-state index contributed by atoms with van der Waals surface area (Å²) in [7, 11) is 0. The fraction of sp³-hybridized carbons (Fsp3) is 0.292. The average Bonchev–Trinajstić information content (AvgIpc) is 3.06. The number of hydrogen-bond donors (Lipinski definition) is 1. The Balaban J connectivity index is 1.63. The number of para-hydroxylation sites is 1. The van der Waals surface area contributed by atoms with Crippen molar-refractivity contribution in [1.82, 2.24) is 15.1 Å². The largest absolute Gasteiger partial charge is 0.449 e. The first-order valence-corrected chi connectivity index (χ1v) is 10.0. The monoisotopic (exact) mass is 405 g/mol. The van der Waals surface area contributed by atoms with Crippen molar-refractivity contribution >= 4 is 11.9 Å². The molecule has 0 saturated carbocycles. The van der Waals surface area contributed by atoms with Gasteiger partial charge < -0.3 is 10.1 Å². The maximum Gasteiger partial charge on any atom is 0.342 e. The van der Waals surface area contributed by atoms with E-state index in [4.69, 9.17) is 4.74 Å². The number of amides is 1. The highest BCUT2D eigenvalue weighted by atomic mass is 16.5. The predicted octanol–water partition coefficient (Wildman–Crippen LogP) is 3.95. The smallest absolute Gasteiger partial charge is 0.342 e. The fourth-order valence-corrected chi connectivity index (χ4v) is 3.33. The molecule has 0 spiro atoms. The van der Waals surface area contributed by atoms with Crippen molar-refractivity contribution in [3.8, 4) is 5.69 Å². The quantitative estimate of drug-likeness (QED) is 0.604. The number of carbonyl (C=O) groups is 2. The lowest BCUT2D eigenvalue weighted by atomic mass is 10.0. The van der Waals surface area contributed by atoms with Gasteiger partial charge in [-0.25, -0.2) is 9.48 Å². The minimum atomic E-state index is -0.903. The molecule has 1 aromatic heterocycles. The third-order valence-electron chi connectivity index (χ3n) is 5.10. The van der Waals surface area contributed by atoms with E-state index < -0.39 is 12.1 Å². The summed E-state index contributed by atoms with van der Waals surface area (Å²) in [6.45, 7) is 7.66. The molecule has 0 aliphatic heterocycles. The molecule has 0 aliphatic carbocycles. The van der Waals surface area contributed by atoms with E-state index in [1.165, 1.54) is 0 Å². The molecule has 1 heterocycles. The molecule has 0 unspecified atom stereocenters. The van der Waals surface area contributed by atoms with E-state index in [9.17, 15) is 9.59 Å². The molecule has 0 aliphatic rings. The SMILES string of the molecule is Cc1nn(-c2ccccc2)c(C)c1C(=O)O[C@@H](C)C(=O)NC[C@@H](C)c1ccccc1. The molecule has 3 rings (SSSR count). The Morgan fingerprint density at radius 3 is 2.23 bits per heavy atom. The van der Waals surface area contributed by atoms with Crippen molar-refractivity contribution in [2.75, 3.05) is 6.54 Å². The second-order valence-corrected chi connectivity index (χ2v) is 7.40. The van der Waals surface area contributed by atoms with Crippen LogP contribution < -0.4 is 5.32 Å². The molecule has 2 atom stereocenters. The van der Waals surface area contributed by atoms with Gasteiger partial charge in [0.1, 0.15) is 5.56 Å². The third kappa shape index (κ3) is 4.76. The van der Waals surface area contributed by atoms with Gasteiger partial charge in [0.25, 0.3) is 5.91 Å². The van der Waals surface area contributed by atoms with Crippen LogP contribution in [0.1, 0.15) is 47.1 Å². The highest BCUT2D eigenvalue weighted by Crippen LogP contribution is 2.19. The van der Waals surface area contributed by atoms with Gasteiger partial charge >= 0.3 is 5.97 Å². The molecule has 30 heavy (non-hydrogen) atoms. The van der Waals surface area contributed by atoms with Crippen molar-refractivity contribution in [2.24, 2.45) is 0 Å². The number of rotatable bonds is 7. The predicted molar refractivity (Wildman–Crippen MR) is 116 cm³/mol. The van der Waals surface area contributed by atoms with Crippen LogP contribution in [0.4, 0.5) is 0 Å². The fourth-order valence-electron chi connectivity index (χ4n) is 3.33. The van der Waals surface area contributed by atoms with Crippen LogP contribution in [0.2, 0.25) is 0 Å². The van der Waals surface area contributed by atoms with Gasteiger partial charge in [-0.3, -0.25) is 4.79 Å². The first kappa shape index (κ1) is 21.3. The lowest BCUT2D eigenvalue weighted by molar-refractivity contribution is -0.129. The average molecular weight is 405 g/mol. The van der Waals surface area contributed by atoms with Crippen LogP contribution in [0.15, 0.2) is 60.7 Å². The van der Waals surface area contributed by atoms with E-state index in [0.717, 1.165) is 11.3 Å². The number of aryl methyl sites for hydroxylation is 1. The van der Waals surface area contributed by atoms with Crippen molar-refractivity contribution < 1.29 is 14.3 Å². The number of nitrogens with zero attached hydrogens (tertiary/aromatic N) is 2. The third-order valence-corrected chi connectivity index (χ3v) is 5.10. The summed E-state index contributed by atoms with van der Waals surface area (Å²) in [4.78, 5) is 25.2. The molecule has 6 heteroatoms. The van der Waals surface area contributed by atoms with E-state index >= 15 is 0 Å². The van der Waals surface area contributed by atoms with Gasteiger partial charge in [-0.15, -0.1) is 0 Å². The molecule has 1 N–H and O–H groups in total. The first-order valence-electron chi connectivity index (χ1n) is 10.0. The zero-order valence-electron chi connectivity index (χ0n) is 17.8. The minimum Gasteiger partial charge on any atom is -0.449 e. The topological polar surface area (TPSA) is 73.2 Å². The van der Waals surface area contributed by atoms with Gasteiger partial charge in [-0.2, -0.15) is 5.10 Å². The highest BCUT2D eigenvalue weighted by molar-refractivity contribution is 5.94. The number of hydrogen-bond acceptors (Lipinski definition) is 4. The van der Waals surface area contributed by atoms with Crippen LogP contribution in [-0.4, -0.2) is 34.3 Å². The van der Waals surface area contributed by atoms with Gasteiger partial charge in [0.15, 0.2) is 6.10 Å². The molecule has 6 nitrogen and oxygen atoms in total. The maximum absolute atomic E-state index is 12.7. The summed E-state index contributed by atoms with van der Waals surface area (Å²) in [6, 6.07) is 19.5. The van der Waals surface area contributed by atoms with Crippen molar-refractivity contribution in [3.63, 3.8) is 0 Å². The molecular weight excluding hydrogens is 378 g/mol. The van der Waals surface area contributed by atoms with Crippen molar-refractivity contribution in [1.29, 1.82) is 0 Å². The Bertz CT molecular complexity index is 1010. The summed E-state index contributed by atoms with van der Waals surface area (Å²) >= 11 is 0. The second-order valence-electron chi connectivity index (χ2n) is 7.40. The number of benzene rings is 2. The Kier molecular flexibility index (Phi) is 6.67. The summed E-state index contributed by atoms with van der Waals surface area (Å²) in [6.07, 6.45) is -0.903. The Hall–Kier alpha value is -3.41. The number of ether oxygens (including phenoxy) is 1. The van der Waals surface area contributed by atoms with Gasteiger partial charge in [0.05, 0.1) is 17.1 Å². The number of carbonyl (C=O) groups excluding carboxylic acids is 2. The van der Waals surface area contributed by atoms with Gasteiger partial charge in [0.2, 0.25) is 0 Å². The second kappa shape index (κ2) is 9.39. The summed E-state index contributed by atoms with van der Waals surface area (Å²) in [5, 5.41) is 7.32. The van der Waals surface area contributed by atoms with Crippen molar-refractivity contribution in [3.05, 3.63) is 83.2 Å². The Labute approximate surface area is 176 Å². The number of esters is 1. The molecular formula is C24H27N3O3. The molecule has 2 aromatic carbocycles. The van der Waals surface area contributed by atoms with Gasteiger partial charge in [0, 0.05) is 6.54 Å². The van der Waals surface area contributed by atoms with E-state index in [2.05, 4.69) is 10.4 Å². The minimum absolute atomic E-state index is 0.159. The van der Waals surface area contributed by atoms with E-state index in [1.54, 1.807) is 18.5 Å². The normalized spacial score (nSPS) is 12.8. The number of aromatic nitrogens is 2. The van der Waals surface area contributed by atoms with E-state index in [1.807, 2.05) is 74.5 Å². The Morgan fingerprint density at radius 2 is 1.60 bits per heavy atom. The molecule has 156 valence electrons. The van der Waals surface area contributed by atoms with Gasteiger partial charge in [-0.1, -0.05) is 55.5 Å². The lowest BCUT2D eigenvalue weighted by Gasteiger charge is -2.17. The molecule has 0 saturated heterocycles. The standard InChI is InChI=1S/C24H27N3O3/c1-16(20-11-7-5-8-12-20)15-25-23(28)19(4)30-24(29)22-17(2)26-27(18(22)3)21-13-9-6-10-14-21/h5-14,16,19H,15H2,1-4H3,(H,25,28)/t16-,19+/m1/s1. The molecule has 3 aromatic rings. The summed E-state index contributed by atoms with van der Waals surface area (Å²) in [5.74, 6) is -0.713. The van der Waals surface area contributed by atoms with Crippen LogP contribution in [0.3, 0.4) is 0 Å². The summed E-state index contributed by atoms with van der Waals surface area (Å²) < 4.78 is 7.15. The molecule has 0 fully saturated rings. The zero-order chi connectivity index (χ0) is 21.7. The van der Waals surface area contributed by atoms with E-state index in [-0.39, 0.29) is 11.8 Å². The van der Waals surface area contributed by atoms with Gasteiger partial charge in [-0.05, 0) is 44.4 Å². The van der Waals surface area contributed by atoms with Crippen molar-refractivity contribution in [2.45, 2.75) is 39.7 Å². The van der Waals surface area contributed by atoms with Crippen LogP contribution >= 0.6 is 0 Å². The molecule has 0 radical (unpaired) electrons. The first-order chi connectivity index (χ1) is 14.4. The zero-order valence-corrected chi connectivity index (χ0v) is 17.8. The van der Waals surface area contributed by atoms with Crippen LogP contribution in [0.5, 0.6) is 0 Å². The molecule has 0 bridgehead atoms. The van der Waals surface area contributed by atoms with Crippen LogP contribution in [0.25, 0.3) is 5.69 Å². The van der Waals surface area contributed by atoms with E-state index in [0.29, 0.717) is 23.5 Å². The van der Waals surface area contributed by atoms with Crippen LogP contribution in [0, 0.1) is 13.8 Å².